The van der Waals surface area contributed by atoms with Crippen LogP contribution < -0.4 is 5.73 Å². The smallest absolute Gasteiger partial charge is 0.165 e. The monoisotopic (exact) mass is 475 g/mol. The predicted molar refractivity (Wildman–Crippen MR) is 133 cm³/mol. The predicted octanol–water partition coefficient (Wildman–Crippen LogP) is 2.99. The van der Waals surface area contributed by atoms with E-state index in [1.54, 1.807) is 25.6 Å². The van der Waals surface area contributed by atoms with E-state index in [1.807, 2.05) is 39.7 Å². The van der Waals surface area contributed by atoms with Crippen molar-refractivity contribution in [1.29, 1.82) is 0 Å². The van der Waals surface area contributed by atoms with E-state index in [4.69, 9.17) is 15.7 Å². The average molecular weight is 476 g/mol. The Morgan fingerprint density at radius 2 is 1.97 bits per heavy atom. The third-order valence-corrected chi connectivity index (χ3v) is 6.64. The van der Waals surface area contributed by atoms with E-state index in [0.717, 1.165) is 35.3 Å². The first kappa shape index (κ1) is 20.4. The van der Waals surface area contributed by atoms with Crippen LogP contribution in [0.25, 0.3) is 39.6 Å². The summed E-state index contributed by atoms with van der Waals surface area (Å²) in [6, 6.07) is 14.3. The fourth-order valence-electron chi connectivity index (χ4n) is 4.97. The fraction of sp³-hybridized carbons (Fsp3) is 0.160. The van der Waals surface area contributed by atoms with E-state index in [-0.39, 0.29) is 6.04 Å². The molecule has 5 heterocycles. The number of pyridine rings is 2. The van der Waals surface area contributed by atoms with Crippen molar-refractivity contribution in [2.75, 3.05) is 5.73 Å². The Labute approximate surface area is 205 Å². The molecule has 0 unspecified atom stereocenters. The number of fused-ring (bicyclic) bond motifs is 2. The molecule has 0 bridgehead atoms. The molecular weight excluding hydrogens is 454 g/mol. The number of rotatable bonds is 4. The lowest BCUT2D eigenvalue weighted by Gasteiger charge is -2.14. The highest BCUT2D eigenvalue weighted by Gasteiger charge is 2.26. The van der Waals surface area contributed by atoms with Gasteiger partial charge in [-0.3, -0.25) is 4.57 Å². The molecule has 0 aliphatic heterocycles. The molecule has 1 aliphatic carbocycles. The highest BCUT2D eigenvalue weighted by molar-refractivity contribution is 5.84. The van der Waals surface area contributed by atoms with Crippen LogP contribution in [0.3, 0.4) is 0 Å². The molecule has 5 aromatic heterocycles. The summed E-state index contributed by atoms with van der Waals surface area (Å²) in [6.45, 7) is 0. The molecule has 6 aromatic rings. The second kappa shape index (κ2) is 7.80. The second-order valence-electron chi connectivity index (χ2n) is 8.79. The van der Waals surface area contributed by atoms with Gasteiger partial charge in [-0.05, 0) is 60.4 Å². The Bertz CT molecular complexity index is 1730. The van der Waals surface area contributed by atoms with Gasteiger partial charge in [0.1, 0.15) is 17.0 Å². The summed E-state index contributed by atoms with van der Waals surface area (Å²) < 4.78 is 3.97. The number of nitrogens with zero attached hydrogens (tertiary/aromatic N) is 10. The zero-order chi connectivity index (χ0) is 24.2. The van der Waals surface area contributed by atoms with E-state index in [2.05, 4.69) is 43.7 Å². The van der Waals surface area contributed by atoms with E-state index in [0.29, 0.717) is 23.0 Å². The minimum absolute atomic E-state index is 0.186. The largest absolute Gasteiger partial charge is 0.383 e. The highest BCUT2D eigenvalue weighted by atomic mass is 15.4. The normalized spacial score (nSPS) is 15.0. The van der Waals surface area contributed by atoms with Gasteiger partial charge < -0.3 is 5.73 Å². The maximum Gasteiger partial charge on any atom is 0.165 e. The van der Waals surface area contributed by atoms with Crippen molar-refractivity contribution in [3.8, 4) is 28.5 Å². The van der Waals surface area contributed by atoms with Crippen molar-refractivity contribution in [1.82, 2.24) is 49.5 Å². The van der Waals surface area contributed by atoms with Crippen LogP contribution in [0, 0.1) is 0 Å². The number of aromatic nitrogens is 10. The maximum atomic E-state index is 6.29. The first-order valence-electron chi connectivity index (χ1n) is 11.6. The molecule has 0 spiro atoms. The SMILES string of the molecule is Cn1ncc(-c2ccc3nc(-c4cccnc4N)n(-c4ccc5c(c4)CC[C@@H]5n4ccnn4)c3n2)n1. The molecule has 0 saturated carbocycles. The molecule has 7 rings (SSSR count). The van der Waals surface area contributed by atoms with Crippen LogP contribution in [-0.4, -0.2) is 49.5 Å². The molecule has 0 fully saturated rings. The van der Waals surface area contributed by atoms with Gasteiger partial charge in [0.05, 0.1) is 29.7 Å². The van der Waals surface area contributed by atoms with E-state index >= 15 is 0 Å². The van der Waals surface area contributed by atoms with E-state index in [1.165, 1.54) is 15.9 Å². The Hall–Kier alpha value is -4.93. The molecule has 11 heteroatoms. The molecule has 1 aromatic carbocycles. The summed E-state index contributed by atoms with van der Waals surface area (Å²) in [4.78, 5) is 15.7. The topological polar surface area (TPSA) is 131 Å². The summed E-state index contributed by atoms with van der Waals surface area (Å²) in [6.07, 6.45) is 8.94. The standard InChI is InChI=1S/C25H21N11/c1-34-29-14-21(32-34)19-7-8-20-25(30-19)36(24(31-20)18-3-2-10-27-23(18)26)16-5-6-17-15(13-16)4-9-22(17)35-12-11-28-33-35/h2-3,5-8,10-14,22H,4,9H2,1H3,(H2,26,27)/t22-/m0/s1. The first-order valence-corrected chi connectivity index (χ1v) is 11.6. The quantitative estimate of drug-likeness (QED) is 0.412. The highest BCUT2D eigenvalue weighted by Crippen LogP contribution is 2.37. The van der Waals surface area contributed by atoms with Crippen LogP contribution in [-0.2, 0) is 13.5 Å². The van der Waals surface area contributed by atoms with E-state index < -0.39 is 0 Å². The number of nitrogen functional groups attached to an aromatic ring is 1. The Morgan fingerprint density at radius 1 is 1.03 bits per heavy atom. The van der Waals surface area contributed by atoms with Gasteiger partial charge >= 0.3 is 0 Å². The number of nitrogens with two attached hydrogens (primary N) is 1. The third kappa shape index (κ3) is 3.17. The van der Waals surface area contributed by atoms with Crippen LogP contribution in [0.5, 0.6) is 0 Å². The van der Waals surface area contributed by atoms with Crippen LogP contribution in [0.1, 0.15) is 23.6 Å². The maximum absolute atomic E-state index is 6.29. The summed E-state index contributed by atoms with van der Waals surface area (Å²) >= 11 is 0. The van der Waals surface area contributed by atoms with Crippen LogP contribution in [0.4, 0.5) is 5.82 Å². The summed E-state index contributed by atoms with van der Waals surface area (Å²) in [5.74, 6) is 1.10. The Kier molecular flexibility index (Phi) is 4.43. The number of hydrogen-bond donors (Lipinski definition) is 1. The van der Waals surface area contributed by atoms with Crippen LogP contribution >= 0.6 is 0 Å². The summed E-state index contributed by atoms with van der Waals surface area (Å²) in [5, 5.41) is 16.8. The van der Waals surface area contributed by atoms with Crippen LogP contribution in [0.15, 0.2) is 67.3 Å². The van der Waals surface area contributed by atoms with Gasteiger partial charge in [0.2, 0.25) is 0 Å². The van der Waals surface area contributed by atoms with Gasteiger partial charge in [0.15, 0.2) is 11.5 Å². The molecule has 0 amide bonds. The lowest BCUT2D eigenvalue weighted by Crippen LogP contribution is -2.08. The van der Waals surface area contributed by atoms with Gasteiger partial charge in [0.25, 0.3) is 0 Å². The summed E-state index contributed by atoms with van der Waals surface area (Å²) in [7, 11) is 1.78. The number of hydrogen-bond acceptors (Lipinski definition) is 8. The second-order valence-corrected chi connectivity index (χ2v) is 8.79. The van der Waals surface area contributed by atoms with Gasteiger partial charge in [-0.2, -0.15) is 15.0 Å². The molecule has 0 saturated heterocycles. The number of imidazole rings is 1. The van der Waals surface area contributed by atoms with Crippen molar-refractivity contribution in [3.63, 3.8) is 0 Å². The minimum atomic E-state index is 0.186. The van der Waals surface area contributed by atoms with E-state index in [9.17, 15) is 0 Å². The lowest BCUT2D eigenvalue weighted by molar-refractivity contribution is 0.504. The van der Waals surface area contributed by atoms with Crippen molar-refractivity contribution in [2.45, 2.75) is 18.9 Å². The number of anilines is 1. The first-order chi connectivity index (χ1) is 17.7. The molecule has 36 heavy (non-hydrogen) atoms. The Balaban J connectivity index is 1.44. The van der Waals surface area contributed by atoms with Gasteiger partial charge in [-0.1, -0.05) is 11.3 Å². The molecule has 11 nitrogen and oxygen atoms in total. The molecular formula is C25H21N11. The zero-order valence-electron chi connectivity index (χ0n) is 19.4. The summed E-state index contributed by atoms with van der Waals surface area (Å²) in [5.41, 5.74) is 13.4. The van der Waals surface area contributed by atoms with Gasteiger partial charge in [-0.25, -0.2) is 19.6 Å². The Morgan fingerprint density at radius 3 is 2.78 bits per heavy atom. The lowest BCUT2D eigenvalue weighted by atomic mass is 10.1. The van der Waals surface area contributed by atoms with Crippen molar-refractivity contribution in [2.24, 2.45) is 7.05 Å². The molecule has 1 aliphatic rings. The average Bonchev–Trinajstić information content (AvgIpc) is 3.68. The minimum Gasteiger partial charge on any atom is -0.383 e. The number of aryl methyl sites for hydroxylation is 2. The third-order valence-electron chi connectivity index (χ3n) is 6.64. The molecule has 0 radical (unpaired) electrons. The van der Waals surface area contributed by atoms with Gasteiger partial charge in [-0.15, -0.1) is 5.10 Å². The molecule has 2 N–H and O–H groups in total. The van der Waals surface area contributed by atoms with Crippen LogP contribution in [0.2, 0.25) is 0 Å². The van der Waals surface area contributed by atoms with Gasteiger partial charge in [0, 0.05) is 25.1 Å². The van der Waals surface area contributed by atoms with Crippen molar-refractivity contribution < 1.29 is 0 Å². The van der Waals surface area contributed by atoms with Crippen molar-refractivity contribution >= 4 is 17.0 Å². The fourth-order valence-corrected chi connectivity index (χ4v) is 4.97. The molecule has 1 atom stereocenters. The van der Waals surface area contributed by atoms with Crippen molar-refractivity contribution in [3.05, 3.63) is 78.4 Å². The zero-order valence-corrected chi connectivity index (χ0v) is 19.4. The number of benzene rings is 1. The molecule has 176 valence electrons.